The van der Waals surface area contributed by atoms with Gasteiger partial charge in [-0.05, 0) is 49.7 Å². The number of fused-ring (bicyclic) bond motifs is 1. The molecule has 0 unspecified atom stereocenters. The SMILES string of the molecule is CC(C)C(C)(C)CC(C)(C)N1CCc2ccccc21. The molecule has 1 nitrogen and oxygen atoms in total. The van der Waals surface area contributed by atoms with Crippen LogP contribution >= 0.6 is 0 Å². The molecule has 1 aromatic rings. The first-order valence-corrected chi connectivity index (χ1v) is 7.59. The van der Waals surface area contributed by atoms with Gasteiger partial charge in [-0.15, -0.1) is 0 Å². The number of rotatable bonds is 4. The van der Waals surface area contributed by atoms with Crippen LogP contribution in [0.3, 0.4) is 0 Å². The van der Waals surface area contributed by atoms with Crippen molar-refractivity contribution in [2.45, 2.75) is 59.9 Å². The van der Waals surface area contributed by atoms with Crippen LogP contribution in [-0.4, -0.2) is 12.1 Å². The van der Waals surface area contributed by atoms with E-state index < -0.39 is 0 Å². The van der Waals surface area contributed by atoms with Crippen LogP contribution in [0.2, 0.25) is 0 Å². The normalized spacial score (nSPS) is 16.1. The van der Waals surface area contributed by atoms with Gasteiger partial charge in [0.15, 0.2) is 0 Å². The van der Waals surface area contributed by atoms with Crippen molar-refractivity contribution in [3.05, 3.63) is 29.8 Å². The van der Waals surface area contributed by atoms with Gasteiger partial charge in [-0.3, -0.25) is 0 Å². The molecule has 0 radical (unpaired) electrons. The van der Waals surface area contributed by atoms with Crippen LogP contribution in [0, 0.1) is 11.3 Å². The first-order chi connectivity index (χ1) is 8.74. The summed E-state index contributed by atoms with van der Waals surface area (Å²) in [6.45, 7) is 15.5. The van der Waals surface area contributed by atoms with E-state index in [9.17, 15) is 0 Å². The number of anilines is 1. The molecule has 1 aliphatic heterocycles. The molecule has 1 heterocycles. The fraction of sp³-hybridized carbons (Fsp3) is 0.667. The molecule has 0 fully saturated rings. The molecule has 0 atom stereocenters. The zero-order valence-corrected chi connectivity index (χ0v) is 13.5. The van der Waals surface area contributed by atoms with Gasteiger partial charge in [-0.25, -0.2) is 0 Å². The van der Waals surface area contributed by atoms with Gasteiger partial charge in [0.25, 0.3) is 0 Å². The van der Waals surface area contributed by atoms with Gasteiger partial charge in [-0.1, -0.05) is 45.9 Å². The quantitative estimate of drug-likeness (QED) is 0.743. The Morgan fingerprint density at radius 2 is 1.74 bits per heavy atom. The Kier molecular flexibility index (Phi) is 3.68. The van der Waals surface area contributed by atoms with Crippen LogP contribution < -0.4 is 4.90 Å². The first-order valence-electron chi connectivity index (χ1n) is 7.59. The van der Waals surface area contributed by atoms with Crippen molar-refractivity contribution >= 4 is 5.69 Å². The summed E-state index contributed by atoms with van der Waals surface area (Å²) in [7, 11) is 0. The standard InChI is InChI=1S/C18H29N/c1-14(2)17(3,4)13-18(5,6)19-12-11-15-9-7-8-10-16(15)19/h7-10,14H,11-13H2,1-6H3. The van der Waals surface area contributed by atoms with Gasteiger partial charge in [-0.2, -0.15) is 0 Å². The summed E-state index contributed by atoms with van der Waals surface area (Å²) >= 11 is 0. The van der Waals surface area contributed by atoms with E-state index in [4.69, 9.17) is 0 Å². The highest BCUT2D eigenvalue weighted by atomic mass is 15.2. The highest BCUT2D eigenvalue weighted by Gasteiger charge is 2.37. The summed E-state index contributed by atoms with van der Waals surface area (Å²) in [4.78, 5) is 2.62. The number of hydrogen-bond donors (Lipinski definition) is 0. The summed E-state index contributed by atoms with van der Waals surface area (Å²) in [6, 6.07) is 8.89. The monoisotopic (exact) mass is 259 g/mol. The highest BCUT2D eigenvalue weighted by Crippen LogP contribution is 2.41. The fourth-order valence-corrected chi connectivity index (χ4v) is 3.38. The van der Waals surface area contributed by atoms with E-state index in [2.05, 4.69) is 70.7 Å². The summed E-state index contributed by atoms with van der Waals surface area (Å²) in [5.41, 5.74) is 3.56. The second kappa shape index (κ2) is 4.85. The molecule has 0 spiro atoms. The highest BCUT2D eigenvalue weighted by molar-refractivity contribution is 5.59. The molecule has 19 heavy (non-hydrogen) atoms. The molecular weight excluding hydrogens is 230 g/mol. The minimum Gasteiger partial charge on any atom is -0.366 e. The maximum atomic E-state index is 2.62. The number of nitrogens with zero attached hydrogens (tertiary/aromatic N) is 1. The van der Waals surface area contributed by atoms with Gasteiger partial charge in [0.1, 0.15) is 0 Å². The second-order valence-electron chi connectivity index (χ2n) is 7.66. The van der Waals surface area contributed by atoms with Crippen molar-refractivity contribution in [3.63, 3.8) is 0 Å². The third-order valence-electron chi connectivity index (χ3n) is 5.07. The Bertz CT molecular complexity index is 443. The Balaban J connectivity index is 2.22. The third-order valence-corrected chi connectivity index (χ3v) is 5.07. The third kappa shape index (κ3) is 2.80. The van der Waals surface area contributed by atoms with Gasteiger partial charge in [0.05, 0.1) is 0 Å². The summed E-state index contributed by atoms with van der Waals surface area (Å²) in [5, 5.41) is 0. The van der Waals surface area contributed by atoms with Crippen molar-refractivity contribution in [2.75, 3.05) is 11.4 Å². The Morgan fingerprint density at radius 1 is 1.11 bits per heavy atom. The van der Waals surface area contributed by atoms with E-state index >= 15 is 0 Å². The van der Waals surface area contributed by atoms with Crippen LogP contribution in [-0.2, 0) is 6.42 Å². The number of para-hydroxylation sites is 1. The van der Waals surface area contributed by atoms with Crippen LogP contribution in [0.1, 0.15) is 53.5 Å². The lowest BCUT2D eigenvalue weighted by Crippen LogP contribution is -2.47. The van der Waals surface area contributed by atoms with Crippen molar-refractivity contribution < 1.29 is 0 Å². The van der Waals surface area contributed by atoms with Crippen LogP contribution in [0.4, 0.5) is 5.69 Å². The average molecular weight is 259 g/mol. The van der Waals surface area contributed by atoms with E-state index in [1.165, 1.54) is 30.6 Å². The van der Waals surface area contributed by atoms with Crippen molar-refractivity contribution in [2.24, 2.45) is 11.3 Å². The predicted molar refractivity (Wildman–Crippen MR) is 84.8 cm³/mol. The average Bonchev–Trinajstić information content (AvgIpc) is 2.71. The lowest BCUT2D eigenvalue weighted by atomic mass is 9.72. The molecule has 0 aliphatic carbocycles. The molecule has 1 heteroatoms. The molecule has 0 N–H and O–H groups in total. The lowest BCUT2D eigenvalue weighted by molar-refractivity contribution is 0.178. The number of hydrogen-bond acceptors (Lipinski definition) is 1. The first kappa shape index (κ1) is 14.4. The second-order valence-corrected chi connectivity index (χ2v) is 7.66. The maximum absolute atomic E-state index is 2.62. The summed E-state index contributed by atoms with van der Waals surface area (Å²) < 4.78 is 0. The van der Waals surface area contributed by atoms with Crippen LogP contribution in [0.5, 0.6) is 0 Å². The van der Waals surface area contributed by atoms with E-state index in [0.717, 1.165) is 0 Å². The van der Waals surface area contributed by atoms with E-state index in [-0.39, 0.29) is 5.54 Å². The molecule has 0 amide bonds. The Hall–Kier alpha value is -0.980. The molecule has 1 aromatic carbocycles. The van der Waals surface area contributed by atoms with Gasteiger partial charge >= 0.3 is 0 Å². The topological polar surface area (TPSA) is 3.24 Å². The minimum absolute atomic E-state index is 0.223. The molecule has 0 saturated carbocycles. The number of benzene rings is 1. The van der Waals surface area contributed by atoms with Crippen molar-refractivity contribution in [1.82, 2.24) is 0 Å². The van der Waals surface area contributed by atoms with Gasteiger partial charge in [0.2, 0.25) is 0 Å². The zero-order valence-electron chi connectivity index (χ0n) is 13.5. The fourth-order valence-electron chi connectivity index (χ4n) is 3.38. The van der Waals surface area contributed by atoms with Crippen molar-refractivity contribution in [3.8, 4) is 0 Å². The molecule has 2 rings (SSSR count). The van der Waals surface area contributed by atoms with E-state index in [1.807, 2.05) is 0 Å². The molecular formula is C18H29N. The minimum atomic E-state index is 0.223. The molecule has 106 valence electrons. The smallest absolute Gasteiger partial charge is 0.0403 e. The largest absolute Gasteiger partial charge is 0.366 e. The summed E-state index contributed by atoms with van der Waals surface area (Å²) in [6.07, 6.45) is 2.42. The molecule has 0 bridgehead atoms. The molecule has 1 aliphatic rings. The van der Waals surface area contributed by atoms with Crippen LogP contribution in [0.25, 0.3) is 0 Å². The Labute approximate surface area is 119 Å². The van der Waals surface area contributed by atoms with Gasteiger partial charge in [0, 0.05) is 17.8 Å². The van der Waals surface area contributed by atoms with Crippen LogP contribution in [0.15, 0.2) is 24.3 Å². The molecule has 0 saturated heterocycles. The Morgan fingerprint density at radius 3 is 2.37 bits per heavy atom. The lowest BCUT2D eigenvalue weighted by Gasteiger charge is -2.44. The maximum Gasteiger partial charge on any atom is 0.0403 e. The zero-order chi connectivity index (χ0) is 14.3. The van der Waals surface area contributed by atoms with Crippen molar-refractivity contribution in [1.29, 1.82) is 0 Å². The summed E-state index contributed by atoms with van der Waals surface area (Å²) in [5.74, 6) is 0.713. The van der Waals surface area contributed by atoms with E-state index in [1.54, 1.807) is 0 Å². The van der Waals surface area contributed by atoms with E-state index in [0.29, 0.717) is 11.3 Å². The predicted octanol–water partition coefficient (Wildman–Crippen LogP) is 4.90. The van der Waals surface area contributed by atoms with Gasteiger partial charge < -0.3 is 4.90 Å². The molecule has 0 aromatic heterocycles.